The molecule has 0 aromatic rings. The van der Waals surface area contributed by atoms with Gasteiger partial charge in [-0.1, -0.05) is 0 Å². The van der Waals surface area contributed by atoms with Crippen LogP contribution in [0.2, 0.25) is 0 Å². The lowest BCUT2D eigenvalue weighted by Crippen LogP contribution is -2.49. The van der Waals surface area contributed by atoms with E-state index < -0.39 is 17.6 Å². The first-order valence-electron chi connectivity index (χ1n) is 6.99. The van der Waals surface area contributed by atoms with Gasteiger partial charge >= 0.3 is 6.09 Å². The molecule has 6 heteroatoms. The van der Waals surface area contributed by atoms with Gasteiger partial charge in [-0.15, -0.1) is 0 Å². The largest absolute Gasteiger partial charge is 0.444 e. The van der Waals surface area contributed by atoms with E-state index in [-0.39, 0.29) is 12.5 Å². The molecule has 0 unspecified atom stereocenters. The van der Waals surface area contributed by atoms with Gasteiger partial charge in [0.15, 0.2) is 0 Å². The summed E-state index contributed by atoms with van der Waals surface area (Å²) in [6.07, 6.45) is -1.38. The minimum atomic E-state index is -2.31. The normalized spacial score (nSPS) is 19.2. The Kier molecular flexibility index (Phi) is 5.74. The molecule has 0 aromatic carbocycles. The number of likely N-dealkylation sites (tertiary alicyclic amines) is 1. The molecule has 0 saturated carbocycles. The summed E-state index contributed by atoms with van der Waals surface area (Å²) in [6, 6.07) is 0. The molecule has 0 aliphatic carbocycles. The minimum Gasteiger partial charge on any atom is -0.444 e. The fourth-order valence-corrected chi connectivity index (χ4v) is 2.35. The number of halogens is 2. The molecule has 1 heterocycles. The Balaban J connectivity index is 2.50. The maximum absolute atomic E-state index is 12.3. The molecular formula is C14H25F2NO3. The molecule has 1 saturated heterocycles. The van der Waals surface area contributed by atoms with Gasteiger partial charge in [-0.3, -0.25) is 0 Å². The average molecular weight is 293 g/mol. The summed E-state index contributed by atoms with van der Waals surface area (Å²) >= 11 is 0. The van der Waals surface area contributed by atoms with Gasteiger partial charge in [0.1, 0.15) is 5.60 Å². The highest BCUT2D eigenvalue weighted by atomic mass is 19.3. The maximum Gasteiger partial charge on any atom is 0.410 e. The van der Waals surface area contributed by atoms with Crippen molar-refractivity contribution >= 4 is 6.09 Å². The smallest absolute Gasteiger partial charge is 0.410 e. The molecule has 0 spiro atoms. The third-order valence-electron chi connectivity index (χ3n) is 3.58. The molecule has 4 nitrogen and oxygen atoms in total. The van der Waals surface area contributed by atoms with Crippen LogP contribution in [0.3, 0.4) is 0 Å². The lowest BCUT2D eigenvalue weighted by molar-refractivity contribution is -0.0728. The Morgan fingerprint density at radius 1 is 1.30 bits per heavy atom. The van der Waals surface area contributed by atoms with Crippen LogP contribution in [0.25, 0.3) is 0 Å². The number of methoxy groups -OCH3 is 1. The highest BCUT2D eigenvalue weighted by Crippen LogP contribution is 2.32. The van der Waals surface area contributed by atoms with E-state index in [9.17, 15) is 13.6 Å². The zero-order chi connectivity index (χ0) is 15.4. The molecule has 0 atom stereocenters. The van der Waals surface area contributed by atoms with Gasteiger partial charge in [0.25, 0.3) is 0 Å². The van der Waals surface area contributed by atoms with E-state index in [1.807, 2.05) is 20.8 Å². The van der Waals surface area contributed by atoms with E-state index in [0.717, 1.165) is 0 Å². The number of hydrogen-bond acceptors (Lipinski definition) is 3. The van der Waals surface area contributed by atoms with Crippen LogP contribution in [0.1, 0.15) is 46.5 Å². The van der Waals surface area contributed by atoms with Gasteiger partial charge in [-0.25, -0.2) is 13.6 Å². The topological polar surface area (TPSA) is 38.8 Å². The number of carbonyl (C=O) groups excluding carboxylic acids is 1. The van der Waals surface area contributed by atoms with Crippen LogP contribution >= 0.6 is 0 Å². The molecule has 0 N–H and O–H groups in total. The summed E-state index contributed by atoms with van der Waals surface area (Å²) in [5.41, 5.74) is -1.06. The number of nitrogens with zero attached hydrogens (tertiary/aromatic N) is 1. The van der Waals surface area contributed by atoms with Crippen molar-refractivity contribution in [3.8, 4) is 0 Å². The molecule has 1 amide bonds. The number of amides is 1. The summed E-state index contributed by atoms with van der Waals surface area (Å²) in [5.74, 6) is 0. The first-order chi connectivity index (χ1) is 9.17. The molecule has 1 rings (SSSR count). The first-order valence-corrected chi connectivity index (χ1v) is 6.99. The van der Waals surface area contributed by atoms with Crippen molar-refractivity contribution < 1.29 is 23.0 Å². The standard InChI is InChI=1S/C14H25F2NO3/c1-13(2,3)20-12(18)17-9-7-14(19-4,8-10-17)6-5-11(15)16/h11H,5-10H2,1-4H3. The van der Waals surface area contributed by atoms with Gasteiger partial charge in [0.05, 0.1) is 5.60 Å². The highest BCUT2D eigenvalue weighted by Gasteiger charge is 2.37. The third kappa shape index (κ3) is 5.23. The van der Waals surface area contributed by atoms with E-state index in [0.29, 0.717) is 32.4 Å². The average Bonchev–Trinajstić information content (AvgIpc) is 2.35. The van der Waals surface area contributed by atoms with Gasteiger partial charge < -0.3 is 14.4 Å². The van der Waals surface area contributed by atoms with E-state index in [1.54, 1.807) is 12.0 Å². The summed E-state index contributed by atoms with van der Waals surface area (Å²) in [7, 11) is 1.55. The summed E-state index contributed by atoms with van der Waals surface area (Å²) in [5, 5.41) is 0. The number of hydrogen-bond donors (Lipinski definition) is 0. The van der Waals surface area contributed by atoms with Crippen molar-refractivity contribution in [3.63, 3.8) is 0 Å². The van der Waals surface area contributed by atoms with Crippen LogP contribution in [0.4, 0.5) is 13.6 Å². The minimum absolute atomic E-state index is 0.166. The predicted octanol–water partition coefficient (Wildman–Crippen LogP) is 3.45. The lowest BCUT2D eigenvalue weighted by atomic mass is 9.87. The first kappa shape index (κ1) is 17.1. The summed E-state index contributed by atoms with van der Waals surface area (Å²) in [4.78, 5) is 13.5. The zero-order valence-corrected chi connectivity index (χ0v) is 12.7. The number of piperidine rings is 1. The van der Waals surface area contributed by atoms with Gasteiger partial charge in [0, 0.05) is 26.6 Å². The van der Waals surface area contributed by atoms with Crippen molar-refractivity contribution in [1.82, 2.24) is 4.90 Å². The Bertz CT molecular complexity index is 321. The molecule has 1 aliphatic heterocycles. The van der Waals surface area contributed by atoms with Crippen molar-refractivity contribution in [2.45, 2.75) is 64.1 Å². The van der Waals surface area contributed by atoms with Crippen molar-refractivity contribution in [2.75, 3.05) is 20.2 Å². The van der Waals surface area contributed by atoms with Crippen LogP contribution in [-0.2, 0) is 9.47 Å². The second-order valence-electron chi connectivity index (χ2n) is 6.28. The molecule has 20 heavy (non-hydrogen) atoms. The van der Waals surface area contributed by atoms with Gasteiger partial charge in [-0.2, -0.15) is 0 Å². The second-order valence-corrected chi connectivity index (χ2v) is 6.28. The fourth-order valence-electron chi connectivity index (χ4n) is 2.35. The van der Waals surface area contributed by atoms with Crippen LogP contribution < -0.4 is 0 Å². The fraction of sp³-hybridized carbons (Fsp3) is 0.929. The van der Waals surface area contributed by atoms with Crippen LogP contribution in [0.5, 0.6) is 0 Å². The monoisotopic (exact) mass is 293 g/mol. The molecule has 0 radical (unpaired) electrons. The number of alkyl halides is 2. The summed E-state index contributed by atoms with van der Waals surface area (Å²) in [6.45, 7) is 6.41. The lowest BCUT2D eigenvalue weighted by Gasteiger charge is -2.41. The SMILES string of the molecule is COC1(CCC(F)F)CCN(C(=O)OC(C)(C)C)CC1. The second kappa shape index (κ2) is 6.70. The molecule has 0 bridgehead atoms. The van der Waals surface area contributed by atoms with Crippen LogP contribution in [-0.4, -0.2) is 48.8 Å². The Hall–Kier alpha value is -0.910. The summed E-state index contributed by atoms with van der Waals surface area (Å²) < 4.78 is 35.4. The molecule has 1 fully saturated rings. The molecule has 1 aliphatic rings. The quantitative estimate of drug-likeness (QED) is 0.797. The third-order valence-corrected chi connectivity index (χ3v) is 3.58. The van der Waals surface area contributed by atoms with Crippen LogP contribution in [0, 0.1) is 0 Å². The predicted molar refractivity (Wildman–Crippen MR) is 72.0 cm³/mol. The van der Waals surface area contributed by atoms with Crippen molar-refractivity contribution in [2.24, 2.45) is 0 Å². The molecule has 118 valence electrons. The van der Waals surface area contributed by atoms with E-state index >= 15 is 0 Å². The Labute approximate surface area is 119 Å². The maximum atomic E-state index is 12.3. The molecular weight excluding hydrogens is 268 g/mol. The van der Waals surface area contributed by atoms with Gasteiger partial charge in [-0.05, 0) is 40.0 Å². The Morgan fingerprint density at radius 3 is 2.25 bits per heavy atom. The van der Waals surface area contributed by atoms with Crippen molar-refractivity contribution in [1.29, 1.82) is 0 Å². The van der Waals surface area contributed by atoms with Gasteiger partial charge in [0.2, 0.25) is 6.43 Å². The number of rotatable bonds is 4. The van der Waals surface area contributed by atoms with E-state index in [4.69, 9.17) is 9.47 Å². The van der Waals surface area contributed by atoms with Crippen molar-refractivity contribution in [3.05, 3.63) is 0 Å². The number of ether oxygens (including phenoxy) is 2. The number of carbonyl (C=O) groups is 1. The van der Waals surface area contributed by atoms with E-state index in [2.05, 4.69) is 0 Å². The Morgan fingerprint density at radius 2 is 1.85 bits per heavy atom. The van der Waals surface area contributed by atoms with Crippen LogP contribution in [0.15, 0.2) is 0 Å². The zero-order valence-electron chi connectivity index (χ0n) is 12.7. The highest BCUT2D eigenvalue weighted by molar-refractivity contribution is 5.68. The van der Waals surface area contributed by atoms with E-state index in [1.165, 1.54) is 0 Å². The molecule has 0 aromatic heterocycles.